The minimum absolute atomic E-state index is 1.07. The highest BCUT2D eigenvalue weighted by Crippen LogP contribution is 2.21. The third-order valence-corrected chi connectivity index (χ3v) is 2.80. The van der Waals surface area contributed by atoms with E-state index in [2.05, 4.69) is 29.0 Å². The van der Waals surface area contributed by atoms with Crippen molar-refractivity contribution >= 4 is 0 Å². The summed E-state index contributed by atoms with van der Waals surface area (Å²) in [5.74, 6) is 0. The average molecular weight is 214 g/mol. The van der Waals surface area contributed by atoms with Crippen molar-refractivity contribution < 1.29 is 0 Å². The van der Waals surface area contributed by atoms with Gasteiger partial charge in [0.05, 0.1) is 0 Å². The number of pyridine rings is 1. The zero-order valence-corrected chi connectivity index (χ0v) is 9.74. The average Bonchev–Trinajstić information content (AvgIpc) is 2.83. The first-order valence-electron chi connectivity index (χ1n) is 5.99. The van der Waals surface area contributed by atoms with Gasteiger partial charge in [0.1, 0.15) is 0 Å². The van der Waals surface area contributed by atoms with Crippen LogP contribution >= 0.6 is 0 Å². The maximum Gasteiger partial charge on any atom is 0.0496 e. The minimum atomic E-state index is 1.07. The van der Waals surface area contributed by atoms with Crippen molar-refractivity contribution in [2.75, 3.05) is 0 Å². The summed E-state index contributed by atoms with van der Waals surface area (Å²) in [7, 11) is 0. The van der Waals surface area contributed by atoms with Crippen LogP contribution in [0.3, 0.4) is 0 Å². The van der Waals surface area contributed by atoms with Gasteiger partial charge in [0.25, 0.3) is 0 Å². The molecule has 2 rings (SSSR count). The van der Waals surface area contributed by atoms with Crippen LogP contribution in [0.5, 0.6) is 0 Å². The lowest BCUT2D eigenvalue weighted by atomic mass is 10.1. The third kappa shape index (κ3) is 2.51. The SMILES string of the molecule is CCCCCc1ncccc1-c1ccc[nH]1. The molecule has 0 amide bonds. The summed E-state index contributed by atoms with van der Waals surface area (Å²) in [6, 6.07) is 8.26. The number of hydrogen-bond acceptors (Lipinski definition) is 1. The Morgan fingerprint density at radius 2 is 2.12 bits per heavy atom. The highest BCUT2D eigenvalue weighted by atomic mass is 14.7. The number of rotatable bonds is 5. The van der Waals surface area contributed by atoms with Crippen molar-refractivity contribution in [3.8, 4) is 11.3 Å². The zero-order valence-electron chi connectivity index (χ0n) is 9.74. The van der Waals surface area contributed by atoms with Crippen molar-refractivity contribution in [3.05, 3.63) is 42.4 Å². The molecule has 0 bridgehead atoms. The monoisotopic (exact) mass is 214 g/mol. The number of aryl methyl sites for hydroxylation is 1. The van der Waals surface area contributed by atoms with Gasteiger partial charge in [-0.3, -0.25) is 4.98 Å². The summed E-state index contributed by atoms with van der Waals surface area (Å²) in [6.07, 6.45) is 8.67. The second-order valence-electron chi connectivity index (χ2n) is 4.04. The molecule has 2 aromatic rings. The van der Waals surface area contributed by atoms with E-state index < -0.39 is 0 Å². The molecule has 0 atom stereocenters. The fourth-order valence-corrected chi connectivity index (χ4v) is 1.92. The lowest BCUT2D eigenvalue weighted by molar-refractivity contribution is 0.708. The summed E-state index contributed by atoms with van der Waals surface area (Å²) in [5, 5.41) is 0. The minimum Gasteiger partial charge on any atom is -0.361 e. The van der Waals surface area contributed by atoms with E-state index in [9.17, 15) is 0 Å². The van der Waals surface area contributed by atoms with E-state index in [0.717, 1.165) is 6.42 Å². The Balaban J connectivity index is 2.18. The first-order chi connectivity index (χ1) is 7.92. The van der Waals surface area contributed by atoms with Gasteiger partial charge in [-0.25, -0.2) is 0 Å². The molecule has 0 aliphatic carbocycles. The Morgan fingerprint density at radius 1 is 1.19 bits per heavy atom. The van der Waals surface area contributed by atoms with E-state index >= 15 is 0 Å². The Labute approximate surface area is 96.7 Å². The van der Waals surface area contributed by atoms with Crippen LogP contribution < -0.4 is 0 Å². The van der Waals surface area contributed by atoms with Gasteiger partial charge in [-0.05, 0) is 37.1 Å². The van der Waals surface area contributed by atoms with Crippen LogP contribution in [0.2, 0.25) is 0 Å². The summed E-state index contributed by atoms with van der Waals surface area (Å²) in [4.78, 5) is 7.73. The van der Waals surface area contributed by atoms with Crippen molar-refractivity contribution in [3.63, 3.8) is 0 Å². The van der Waals surface area contributed by atoms with Crippen LogP contribution in [0.4, 0.5) is 0 Å². The largest absolute Gasteiger partial charge is 0.361 e. The number of aromatic amines is 1. The zero-order chi connectivity index (χ0) is 11.2. The van der Waals surface area contributed by atoms with Gasteiger partial charge in [0, 0.05) is 29.3 Å². The van der Waals surface area contributed by atoms with E-state index in [1.54, 1.807) is 0 Å². The Bertz CT molecular complexity index is 418. The molecule has 0 spiro atoms. The molecule has 1 N–H and O–H groups in total. The standard InChI is InChI=1S/C14H18N2/c1-2-3-4-8-13-12(7-5-10-15-13)14-9-6-11-16-14/h5-7,9-11,16H,2-4,8H2,1H3. The molecule has 0 saturated heterocycles. The molecule has 0 fully saturated rings. The Morgan fingerprint density at radius 3 is 2.88 bits per heavy atom. The smallest absolute Gasteiger partial charge is 0.0496 e. The van der Waals surface area contributed by atoms with Crippen LogP contribution in [0, 0.1) is 0 Å². The molecule has 0 saturated carbocycles. The number of unbranched alkanes of at least 4 members (excludes halogenated alkanes) is 2. The van der Waals surface area contributed by atoms with Gasteiger partial charge in [-0.15, -0.1) is 0 Å². The molecule has 2 aromatic heterocycles. The second-order valence-corrected chi connectivity index (χ2v) is 4.04. The van der Waals surface area contributed by atoms with Crippen LogP contribution in [-0.4, -0.2) is 9.97 Å². The summed E-state index contributed by atoms with van der Waals surface area (Å²) < 4.78 is 0. The lowest BCUT2D eigenvalue weighted by Gasteiger charge is -2.06. The van der Waals surface area contributed by atoms with E-state index in [-0.39, 0.29) is 0 Å². The molecule has 0 aliphatic rings. The van der Waals surface area contributed by atoms with E-state index in [0.29, 0.717) is 0 Å². The van der Waals surface area contributed by atoms with Gasteiger partial charge < -0.3 is 4.98 Å². The molecule has 16 heavy (non-hydrogen) atoms. The number of nitrogens with zero attached hydrogens (tertiary/aromatic N) is 1. The van der Waals surface area contributed by atoms with E-state index in [4.69, 9.17) is 0 Å². The Kier molecular flexibility index (Phi) is 3.76. The van der Waals surface area contributed by atoms with Gasteiger partial charge >= 0.3 is 0 Å². The molecule has 2 nitrogen and oxygen atoms in total. The van der Waals surface area contributed by atoms with Gasteiger partial charge in [-0.1, -0.05) is 19.8 Å². The Hall–Kier alpha value is -1.57. The first-order valence-corrected chi connectivity index (χ1v) is 5.99. The molecular weight excluding hydrogens is 196 g/mol. The summed E-state index contributed by atoms with van der Waals surface area (Å²) >= 11 is 0. The number of H-pyrrole nitrogens is 1. The van der Waals surface area contributed by atoms with Gasteiger partial charge in [0.2, 0.25) is 0 Å². The van der Waals surface area contributed by atoms with Crippen LogP contribution in [-0.2, 0) is 6.42 Å². The van der Waals surface area contributed by atoms with Crippen molar-refractivity contribution in [1.29, 1.82) is 0 Å². The van der Waals surface area contributed by atoms with Crippen LogP contribution in [0.15, 0.2) is 36.7 Å². The molecule has 0 aliphatic heterocycles. The highest BCUT2D eigenvalue weighted by molar-refractivity contribution is 5.61. The fourth-order valence-electron chi connectivity index (χ4n) is 1.92. The molecule has 2 heterocycles. The van der Waals surface area contributed by atoms with Gasteiger partial charge in [-0.2, -0.15) is 0 Å². The molecule has 0 aromatic carbocycles. The number of hydrogen-bond donors (Lipinski definition) is 1. The molecule has 0 radical (unpaired) electrons. The van der Waals surface area contributed by atoms with Crippen LogP contribution in [0.1, 0.15) is 31.9 Å². The van der Waals surface area contributed by atoms with Crippen molar-refractivity contribution in [1.82, 2.24) is 9.97 Å². The second kappa shape index (κ2) is 5.50. The van der Waals surface area contributed by atoms with E-state index in [1.165, 1.54) is 36.2 Å². The topological polar surface area (TPSA) is 28.7 Å². The summed E-state index contributed by atoms with van der Waals surface area (Å²) in [5.41, 5.74) is 3.61. The molecule has 84 valence electrons. The first kappa shape index (κ1) is 10.9. The quantitative estimate of drug-likeness (QED) is 0.753. The van der Waals surface area contributed by atoms with Crippen molar-refractivity contribution in [2.45, 2.75) is 32.6 Å². The number of aromatic nitrogens is 2. The normalized spacial score (nSPS) is 10.6. The molecule has 0 unspecified atom stereocenters. The summed E-state index contributed by atoms with van der Waals surface area (Å²) in [6.45, 7) is 2.23. The molecular formula is C14H18N2. The predicted octanol–water partition coefficient (Wildman–Crippen LogP) is 3.81. The maximum absolute atomic E-state index is 4.49. The van der Waals surface area contributed by atoms with Crippen molar-refractivity contribution in [2.24, 2.45) is 0 Å². The van der Waals surface area contributed by atoms with Gasteiger partial charge in [0.15, 0.2) is 0 Å². The number of nitrogens with one attached hydrogen (secondary N) is 1. The maximum atomic E-state index is 4.49. The van der Waals surface area contributed by atoms with Crippen LogP contribution in [0.25, 0.3) is 11.3 Å². The van der Waals surface area contributed by atoms with E-state index in [1.807, 2.05) is 24.5 Å². The predicted molar refractivity (Wildman–Crippen MR) is 67.3 cm³/mol. The molecule has 2 heteroatoms. The lowest BCUT2D eigenvalue weighted by Crippen LogP contribution is -1.94. The fraction of sp³-hybridized carbons (Fsp3) is 0.357. The highest BCUT2D eigenvalue weighted by Gasteiger charge is 2.05. The third-order valence-electron chi connectivity index (χ3n) is 2.80.